The topological polar surface area (TPSA) is 60.8 Å². The van der Waals surface area contributed by atoms with Crippen molar-refractivity contribution in [2.75, 3.05) is 40.0 Å². The smallest absolute Gasteiger partial charge is 0.337 e. The van der Waals surface area contributed by atoms with Gasteiger partial charge in [-0.2, -0.15) is 0 Å². The Morgan fingerprint density at radius 1 is 1.17 bits per heavy atom. The van der Waals surface area contributed by atoms with E-state index in [2.05, 4.69) is 23.3 Å². The molecular weight excluding hydrogens is 380 g/mol. The number of ether oxygens (including phenoxy) is 2. The Labute approximate surface area is 177 Å². The van der Waals surface area contributed by atoms with Crippen LogP contribution in [0.3, 0.4) is 0 Å². The van der Waals surface area contributed by atoms with Crippen molar-refractivity contribution in [3.05, 3.63) is 57.9 Å². The van der Waals surface area contributed by atoms with Gasteiger partial charge in [0, 0.05) is 49.0 Å². The molecule has 1 unspecified atom stereocenters. The Kier molecular flexibility index (Phi) is 6.06. The van der Waals surface area contributed by atoms with E-state index in [0.29, 0.717) is 17.9 Å². The quantitative estimate of drug-likeness (QED) is 0.709. The largest absolute Gasteiger partial charge is 0.465 e. The number of fused-ring (bicyclic) bond motifs is 1. The molecule has 0 radical (unpaired) electrons. The number of morpholine rings is 1. The van der Waals surface area contributed by atoms with Gasteiger partial charge in [0.25, 0.3) is 0 Å². The van der Waals surface area contributed by atoms with E-state index in [1.807, 2.05) is 12.1 Å². The lowest BCUT2D eigenvalue weighted by molar-refractivity contribution is 0.0291. The van der Waals surface area contributed by atoms with E-state index in [1.165, 1.54) is 7.11 Å². The number of benzene rings is 1. The fraction of sp³-hybridized carbons (Fsp3) is 0.500. The van der Waals surface area contributed by atoms with Crippen LogP contribution in [0.1, 0.15) is 49.7 Å². The van der Waals surface area contributed by atoms with Crippen LogP contribution < -0.4 is 0 Å². The fourth-order valence-electron chi connectivity index (χ4n) is 4.70. The van der Waals surface area contributed by atoms with Gasteiger partial charge in [-0.15, -0.1) is 0 Å². The normalized spacial score (nSPS) is 19.6. The van der Waals surface area contributed by atoms with Crippen molar-refractivity contribution in [1.29, 1.82) is 0 Å². The average Bonchev–Trinajstić information content (AvgIpc) is 3.01. The van der Waals surface area contributed by atoms with Crippen molar-refractivity contribution in [1.82, 2.24) is 9.47 Å². The number of esters is 1. The van der Waals surface area contributed by atoms with E-state index < -0.39 is 0 Å². The summed E-state index contributed by atoms with van der Waals surface area (Å²) in [6.07, 6.45) is 1.82. The van der Waals surface area contributed by atoms with Crippen LogP contribution in [0.4, 0.5) is 0 Å². The van der Waals surface area contributed by atoms with Crippen LogP contribution in [0.15, 0.2) is 24.3 Å². The van der Waals surface area contributed by atoms with Crippen LogP contribution in [0, 0.1) is 19.8 Å². The molecule has 0 bridgehead atoms. The van der Waals surface area contributed by atoms with Crippen LogP contribution in [0.5, 0.6) is 0 Å². The van der Waals surface area contributed by atoms with Gasteiger partial charge in [0.05, 0.1) is 25.9 Å². The lowest BCUT2D eigenvalue weighted by atomic mass is 9.84. The summed E-state index contributed by atoms with van der Waals surface area (Å²) in [7, 11) is 1.39. The Balaban J connectivity index is 1.54. The van der Waals surface area contributed by atoms with Crippen LogP contribution in [0.2, 0.25) is 0 Å². The number of carbonyl (C=O) groups excluding carboxylic acids is 2. The minimum Gasteiger partial charge on any atom is -0.465 e. The van der Waals surface area contributed by atoms with Gasteiger partial charge >= 0.3 is 5.97 Å². The van der Waals surface area contributed by atoms with Gasteiger partial charge < -0.3 is 14.0 Å². The number of nitrogens with zero attached hydrogens (tertiary/aromatic N) is 2. The molecule has 0 spiro atoms. The second-order valence-corrected chi connectivity index (χ2v) is 8.32. The van der Waals surface area contributed by atoms with E-state index in [4.69, 9.17) is 9.47 Å². The summed E-state index contributed by atoms with van der Waals surface area (Å²) in [5.74, 6) is 0.0378. The summed E-state index contributed by atoms with van der Waals surface area (Å²) in [6, 6.07) is 7.50. The molecule has 1 fully saturated rings. The summed E-state index contributed by atoms with van der Waals surface area (Å²) in [6.45, 7) is 9.05. The Hall–Kier alpha value is -2.44. The van der Waals surface area contributed by atoms with Crippen molar-refractivity contribution in [2.45, 2.75) is 33.2 Å². The Bertz CT molecular complexity index is 939. The number of methoxy groups -OCH3 is 1. The molecule has 30 heavy (non-hydrogen) atoms. The first-order chi connectivity index (χ1) is 14.5. The Morgan fingerprint density at radius 2 is 1.87 bits per heavy atom. The predicted octanol–water partition coefficient (Wildman–Crippen LogP) is 3.02. The highest BCUT2D eigenvalue weighted by Gasteiger charge is 2.34. The van der Waals surface area contributed by atoms with E-state index in [9.17, 15) is 9.59 Å². The summed E-state index contributed by atoms with van der Waals surface area (Å²) >= 11 is 0. The molecule has 6 heteroatoms. The third-order valence-corrected chi connectivity index (χ3v) is 6.58. The highest BCUT2D eigenvalue weighted by atomic mass is 16.5. The lowest BCUT2D eigenvalue weighted by Gasteiger charge is -2.31. The third kappa shape index (κ3) is 3.94. The van der Waals surface area contributed by atoms with Gasteiger partial charge in [-0.05, 0) is 49.9 Å². The van der Waals surface area contributed by atoms with Crippen molar-refractivity contribution in [2.24, 2.45) is 5.92 Å². The molecule has 160 valence electrons. The molecule has 1 aromatic carbocycles. The molecule has 1 aromatic heterocycles. The molecular formula is C24H30N2O4. The second kappa shape index (κ2) is 8.74. The van der Waals surface area contributed by atoms with Crippen LogP contribution >= 0.6 is 0 Å². The SMILES string of the molecule is COC(=O)c1ccc(Cn2c(C)c(C)c3c2CCC(CN2CCOCC2)C3=O)cc1. The molecule has 1 saturated heterocycles. The van der Waals surface area contributed by atoms with E-state index >= 15 is 0 Å². The molecule has 1 atom stereocenters. The molecule has 1 aliphatic carbocycles. The van der Waals surface area contributed by atoms with Crippen LogP contribution in [-0.4, -0.2) is 61.2 Å². The summed E-state index contributed by atoms with van der Waals surface area (Å²) in [5, 5.41) is 0. The summed E-state index contributed by atoms with van der Waals surface area (Å²) in [5.41, 5.74) is 6.00. The molecule has 0 N–H and O–H groups in total. The maximum atomic E-state index is 13.4. The number of aromatic nitrogens is 1. The Morgan fingerprint density at radius 3 is 2.53 bits per heavy atom. The van der Waals surface area contributed by atoms with Gasteiger partial charge in [0.1, 0.15) is 0 Å². The lowest BCUT2D eigenvalue weighted by Crippen LogP contribution is -2.42. The predicted molar refractivity (Wildman–Crippen MR) is 114 cm³/mol. The number of ketones is 1. The van der Waals surface area contributed by atoms with Gasteiger partial charge in [0.15, 0.2) is 5.78 Å². The highest BCUT2D eigenvalue weighted by Crippen LogP contribution is 2.33. The zero-order valence-electron chi connectivity index (χ0n) is 18.1. The molecule has 6 nitrogen and oxygen atoms in total. The first-order valence-electron chi connectivity index (χ1n) is 10.7. The molecule has 0 amide bonds. The van der Waals surface area contributed by atoms with Crippen molar-refractivity contribution < 1.29 is 19.1 Å². The molecule has 2 aromatic rings. The highest BCUT2D eigenvalue weighted by molar-refractivity contribution is 6.01. The summed E-state index contributed by atoms with van der Waals surface area (Å²) < 4.78 is 12.5. The maximum absolute atomic E-state index is 13.4. The second-order valence-electron chi connectivity index (χ2n) is 8.32. The maximum Gasteiger partial charge on any atom is 0.337 e. The van der Waals surface area contributed by atoms with Crippen LogP contribution in [0.25, 0.3) is 0 Å². The van der Waals surface area contributed by atoms with Crippen molar-refractivity contribution in [3.8, 4) is 0 Å². The van der Waals surface area contributed by atoms with E-state index in [1.54, 1.807) is 12.1 Å². The van der Waals surface area contributed by atoms with Gasteiger partial charge in [-0.1, -0.05) is 12.1 Å². The van der Waals surface area contributed by atoms with Crippen LogP contribution in [-0.2, 0) is 22.4 Å². The number of Topliss-reactive ketones (excluding diaryl/α,β-unsaturated/α-hetero) is 1. The standard InChI is InChI=1S/C24H30N2O4/c1-16-17(2)26(14-18-4-6-19(7-5-18)24(28)29-3)21-9-8-20(23(27)22(16)21)15-25-10-12-30-13-11-25/h4-7,20H,8-15H2,1-3H3. The molecule has 1 aliphatic heterocycles. The van der Waals surface area contributed by atoms with Crippen molar-refractivity contribution >= 4 is 11.8 Å². The average molecular weight is 411 g/mol. The summed E-state index contributed by atoms with van der Waals surface area (Å²) in [4.78, 5) is 27.4. The first kappa shape index (κ1) is 20.8. The molecule has 2 heterocycles. The van der Waals surface area contributed by atoms with Crippen molar-refractivity contribution in [3.63, 3.8) is 0 Å². The third-order valence-electron chi connectivity index (χ3n) is 6.58. The molecule has 4 rings (SSSR count). The number of rotatable bonds is 5. The van der Waals surface area contributed by atoms with Gasteiger partial charge in [-0.25, -0.2) is 4.79 Å². The van der Waals surface area contributed by atoms with E-state index in [0.717, 1.165) is 73.8 Å². The zero-order chi connectivity index (χ0) is 21.3. The number of hydrogen-bond acceptors (Lipinski definition) is 5. The number of carbonyl (C=O) groups is 2. The van der Waals surface area contributed by atoms with Gasteiger partial charge in [0.2, 0.25) is 0 Å². The molecule has 0 saturated carbocycles. The number of hydrogen-bond donors (Lipinski definition) is 0. The van der Waals surface area contributed by atoms with E-state index in [-0.39, 0.29) is 11.9 Å². The minimum atomic E-state index is -0.330. The minimum absolute atomic E-state index is 0.0730. The molecule has 2 aliphatic rings. The fourth-order valence-corrected chi connectivity index (χ4v) is 4.70. The first-order valence-corrected chi connectivity index (χ1v) is 10.7. The van der Waals surface area contributed by atoms with Gasteiger partial charge in [-0.3, -0.25) is 9.69 Å². The zero-order valence-corrected chi connectivity index (χ0v) is 18.1. The monoisotopic (exact) mass is 410 g/mol.